The Morgan fingerprint density at radius 1 is 1.22 bits per heavy atom. The molecule has 1 fully saturated rings. The highest BCUT2D eigenvalue weighted by Crippen LogP contribution is 2.36. The molecule has 37 heavy (non-hydrogen) atoms. The Morgan fingerprint density at radius 2 is 1.92 bits per heavy atom. The third-order valence-corrected chi connectivity index (χ3v) is 6.50. The van der Waals surface area contributed by atoms with E-state index in [2.05, 4.69) is 21.9 Å². The summed E-state index contributed by atoms with van der Waals surface area (Å²) < 4.78 is 17.1. The molecule has 2 aromatic rings. The third kappa shape index (κ3) is 6.57. The molecule has 1 saturated heterocycles. The Kier molecular flexibility index (Phi) is 8.79. The smallest absolute Gasteiger partial charge is 0.360 e. The van der Waals surface area contributed by atoms with Crippen molar-refractivity contribution in [2.24, 2.45) is 5.92 Å². The molecule has 3 heterocycles. The molecule has 2 aromatic heterocycles. The van der Waals surface area contributed by atoms with Gasteiger partial charge < -0.3 is 18.5 Å². The van der Waals surface area contributed by atoms with Crippen LogP contribution in [-0.2, 0) is 9.53 Å². The van der Waals surface area contributed by atoms with Crippen LogP contribution in [0.25, 0.3) is 11.6 Å². The second kappa shape index (κ2) is 11.5. The summed E-state index contributed by atoms with van der Waals surface area (Å²) >= 11 is 0. The number of likely N-dealkylation sites (tertiary alicyclic amines) is 1. The molecular formula is C28H40N4O5. The largest absolute Gasteiger partial charge is 0.457 e. The van der Waals surface area contributed by atoms with E-state index in [0.29, 0.717) is 29.6 Å². The van der Waals surface area contributed by atoms with Gasteiger partial charge in [0.25, 0.3) is 0 Å². The van der Waals surface area contributed by atoms with E-state index in [1.165, 1.54) is 0 Å². The molecule has 1 N–H and O–H groups in total. The van der Waals surface area contributed by atoms with Crippen molar-refractivity contribution in [2.75, 3.05) is 13.2 Å². The number of nitrogens with zero attached hydrogens (tertiary/aromatic N) is 3. The van der Waals surface area contributed by atoms with E-state index in [9.17, 15) is 9.59 Å². The minimum atomic E-state index is -0.561. The van der Waals surface area contributed by atoms with Crippen molar-refractivity contribution in [3.63, 3.8) is 0 Å². The minimum absolute atomic E-state index is 0.0122. The van der Waals surface area contributed by atoms with Crippen LogP contribution in [0.15, 0.2) is 33.1 Å². The fourth-order valence-corrected chi connectivity index (χ4v) is 4.24. The number of hydrogen-bond donors (Lipinski definition) is 1. The lowest BCUT2D eigenvalue weighted by Crippen LogP contribution is -2.55. The standard InChI is InChI=1S/C28H40N4O5/c1-10-28(8,9)31-21(17(4)5)26(33)32-14-11-12-20(32)24-29-22(18(6)36-24)25-30-23(19(7)37-25)27(34)35-15-13-16(2)3/h10,13,17,20-21,31H,1,11-12,14-15H2,2-9H3/t20-,21+/m1/s1. The first kappa shape index (κ1) is 28.4. The van der Waals surface area contributed by atoms with Crippen LogP contribution in [0.4, 0.5) is 0 Å². The molecule has 0 spiro atoms. The van der Waals surface area contributed by atoms with Crippen molar-refractivity contribution in [3.8, 4) is 11.6 Å². The van der Waals surface area contributed by atoms with Crippen LogP contribution >= 0.6 is 0 Å². The van der Waals surface area contributed by atoms with E-state index in [1.807, 2.05) is 58.6 Å². The molecule has 3 rings (SSSR count). The Morgan fingerprint density at radius 3 is 2.54 bits per heavy atom. The SMILES string of the molecule is C=CC(C)(C)N[C@H](C(=O)N1CCC[C@@H]1c1nc(-c2nc(C(=O)OCC=C(C)C)c(C)o2)c(C)o1)C(C)C. The number of rotatable bonds is 10. The third-order valence-electron chi connectivity index (χ3n) is 6.50. The molecule has 0 aromatic carbocycles. The van der Waals surface area contributed by atoms with E-state index in [0.717, 1.165) is 18.4 Å². The van der Waals surface area contributed by atoms with Gasteiger partial charge in [0.05, 0.1) is 6.04 Å². The number of allylic oxidation sites excluding steroid dienone is 1. The first-order valence-corrected chi connectivity index (χ1v) is 12.8. The summed E-state index contributed by atoms with van der Waals surface area (Å²) in [6, 6.07) is -0.669. The first-order chi connectivity index (χ1) is 17.3. The summed E-state index contributed by atoms with van der Waals surface area (Å²) in [4.78, 5) is 37.0. The fourth-order valence-electron chi connectivity index (χ4n) is 4.24. The van der Waals surface area contributed by atoms with Crippen molar-refractivity contribution in [3.05, 3.63) is 47.4 Å². The second-order valence-electron chi connectivity index (χ2n) is 10.7. The molecule has 2 atom stereocenters. The highest BCUT2D eigenvalue weighted by atomic mass is 16.5. The van der Waals surface area contributed by atoms with Gasteiger partial charge in [0.2, 0.25) is 17.7 Å². The number of carbonyl (C=O) groups excluding carboxylic acids is 2. The lowest BCUT2D eigenvalue weighted by atomic mass is 9.97. The normalized spacial score (nSPS) is 16.7. The Labute approximate surface area is 219 Å². The van der Waals surface area contributed by atoms with Crippen molar-refractivity contribution < 1.29 is 23.2 Å². The number of esters is 1. The summed E-state index contributed by atoms with van der Waals surface area (Å²) in [6.07, 6.45) is 5.22. The van der Waals surface area contributed by atoms with Crippen LogP contribution in [0.3, 0.4) is 0 Å². The van der Waals surface area contributed by atoms with Gasteiger partial charge in [-0.05, 0) is 66.4 Å². The van der Waals surface area contributed by atoms with Gasteiger partial charge in [0.15, 0.2) is 11.4 Å². The van der Waals surface area contributed by atoms with Crippen LogP contribution in [0.1, 0.15) is 88.3 Å². The van der Waals surface area contributed by atoms with E-state index in [-0.39, 0.29) is 47.6 Å². The van der Waals surface area contributed by atoms with Crippen LogP contribution < -0.4 is 5.32 Å². The fraction of sp³-hybridized carbons (Fsp3) is 0.571. The molecule has 1 aliphatic heterocycles. The maximum Gasteiger partial charge on any atom is 0.360 e. The zero-order valence-electron chi connectivity index (χ0n) is 23.3. The average Bonchev–Trinajstić information content (AvgIpc) is 3.54. The molecular weight excluding hydrogens is 472 g/mol. The summed E-state index contributed by atoms with van der Waals surface area (Å²) in [5.74, 6) is 1.00. The molecule has 0 radical (unpaired) electrons. The van der Waals surface area contributed by atoms with Gasteiger partial charge in [-0.15, -0.1) is 6.58 Å². The predicted molar refractivity (Wildman–Crippen MR) is 141 cm³/mol. The Hall–Kier alpha value is -3.20. The lowest BCUT2D eigenvalue weighted by molar-refractivity contribution is -0.136. The molecule has 202 valence electrons. The highest BCUT2D eigenvalue weighted by molar-refractivity contribution is 5.89. The average molecular weight is 513 g/mol. The number of aryl methyl sites for hydroxylation is 2. The maximum absolute atomic E-state index is 13.7. The topological polar surface area (TPSA) is 111 Å². The van der Waals surface area contributed by atoms with Gasteiger partial charge >= 0.3 is 5.97 Å². The summed E-state index contributed by atoms with van der Waals surface area (Å²) in [5, 5.41) is 3.44. The van der Waals surface area contributed by atoms with Gasteiger partial charge in [-0.2, -0.15) is 0 Å². The molecule has 0 unspecified atom stereocenters. The van der Waals surface area contributed by atoms with E-state index in [1.54, 1.807) is 13.8 Å². The van der Waals surface area contributed by atoms with Gasteiger partial charge in [-0.1, -0.05) is 25.5 Å². The maximum atomic E-state index is 13.7. The van der Waals surface area contributed by atoms with E-state index < -0.39 is 5.97 Å². The van der Waals surface area contributed by atoms with Crippen LogP contribution in [0, 0.1) is 19.8 Å². The van der Waals surface area contributed by atoms with Gasteiger partial charge in [0, 0.05) is 12.1 Å². The number of oxazole rings is 2. The van der Waals surface area contributed by atoms with Crippen molar-refractivity contribution in [1.82, 2.24) is 20.2 Å². The second-order valence-corrected chi connectivity index (χ2v) is 10.7. The molecule has 9 heteroatoms. The molecule has 0 bridgehead atoms. The van der Waals surface area contributed by atoms with Crippen molar-refractivity contribution in [1.29, 1.82) is 0 Å². The summed E-state index contributed by atoms with van der Waals surface area (Å²) in [5.41, 5.74) is 1.18. The zero-order chi connectivity index (χ0) is 27.5. The minimum Gasteiger partial charge on any atom is -0.457 e. The highest BCUT2D eigenvalue weighted by Gasteiger charge is 2.39. The molecule has 1 aliphatic rings. The summed E-state index contributed by atoms with van der Waals surface area (Å²) in [6.45, 7) is 20.0. The van der Waals surface area contributed by atoms with Gasteiger partial charge in [-0.3, -0.25) is 10.1 Å². The van der Waals surface area contributed by atoms with E-state index >= 15 is 0 Å². The number of carbonyl (C=O) groups is 2. The van der Waals surface area contributed by atoms with Crippen molar-refractivity contribution >= 4 is 11.9 Å². The van der Waals surface area contributed by atoms with Crippen molar-refractivity contribution in [2.45, 2.75) is 85.9 Å². The number of ether oxygens (including phenoxy) is 1. The van der Waals surface area contributed by atoms with E-state index in [4.69, 9.17) is 13.6 Å². The number of amides is 1. The lowest BCUT2D eigenvalue weighted by Gasteiger charge is -2.34. The first-order valence-electron chi connectivity index (χ1n) is 12.8. The molecule has 9 nitrogen and oxygen atoms in total. The number of hydrogen-bond acceptors (Lipinski definition) is 8. The van der Waals surface area contributed by atoms with Gasteiger partial charge in [-0.25, -0.2) is 14.8 Å². The molecule has 0 aliphatic carbocycles. The number of nitrogens with one attached hydrogen (secondary N) is 1. The van der Waals surface area contributed by atoms with Crippen LogP contribution in [0.2, 0.25) is 0 Å². The quantitative estimate of drug-likeness (QED) is 0.337. The monoisotopic (exact) mass is 512 g/mol. The van der Waals surface area contributed by atoms with Crippen LogP contribution in [0.5, 0.6) is 0 Å². The molecule has 0 saturated carbocycles. The van der Waals surface area contributed by atoms with Gasteiger partial charge in [0.1, 0.15) is 24.2 Å². The zero-order valence-corrected chi connectivity index (χ0v) is 23.3. The predicted octanol–water partition coefficient (Wildman–Crippen LogP) is 5.31. The summed E-state index contributed by atoms with van der Waals surface area (Å²) in [7, 11) is 0. The Balaban J connectivity index is 1.83. The number of aromatic nitrogens is 2. The molecule has 1 amide bonds. The Bertz CT molecular complexity index is 1170. The van der Waals surface area contributed by atoms with Crippen LogP contribution in [-0.4, -0.2) is 51.5 Å².